The Morgan fingerprint density at radius 1 is 1.21 bits per heavy atom. The lowest BCUT2D eigenvalue weighted by atomic mass is 9.95. The lowest BCUT2D eigenvalue weighted by molar-refractivity contribution is -0.137. The van der Waals surface area contributed by atoms with Gasteiger partial charge < -0.3 is 9.84 Å². The highest BCUT2D eigenvalue weighted by molar-refractivity contribution is 5.87. The van der Waals surface area contributed by atoms with Crippen LogP contribution >= 0.6 is 0 Å². The largest absolute Gasteiger partial charge is 0.477 e. The minimum Gasteiger partial charge on any atom is -0.477 e. The van der Waals surface area contributed by atoms with Crippen LogP contribution in [0.4, 0.5) is 13.2 Å². The summed E-state index contributed by atoms with van der Waals surface area (Å²) in [4.78, 5) is 19.1. The van der Waals surface area contributed by atoms with Gasteiger partial charge in [0.2, 0.25) is 0 Å². The van der Waals surface area contributed by atoms with E-state index >= 15 is 0 Å². The van der Waals surface area contributed by atoms with Gasteiger partial charge in [-0.15, -0.1) is 0 Å². The third kappa shape index (κ3) is 4.67. The van der Waals surface area contributed by atoms with Gasteiger partial charge in [-0.25, -0.2) is 14.8 Å². The summed E-state index contributed by atoms with van der Waals surface area (Å²) in [6, 6.07) is 5.12. The predicted octanol–water partition coefficient (Wildman–Crippen LogP) is 4.75. The Morgan fingerprint density at radius 3 is 2.57 bits per heavy atom. The monoisotopic (exact) mass is 394 g/mol. The van der Waals surface area contributed by atoms with Crippen LogP contribution in [-0.2, 0) is 17.3 Å². The highest BCUT2D eigenvalue weighted by atomic mass is 19.4. The van der Waals surface area contributed by atoms with Crippen molar-refractivity contribution in [1.29, 1.82) is 0 Å². The topological polar surface area (TPSA) is 72.3 Å². The molecule has 2 atom stereocenters. The van der Waals surface area contributed by atoms with Crippen molar-refractivity contribution >= 4 is 5.97 Å². The molecule has 1 aromatic heterocycles. The molecule has 2 heterocycles. The molecule has 0 aliphatic carbocycles. The zero-order valence-corrected chi connectivity index (χ0v) is 15.4. The standard InChI is InChI=1S/C20H21F3N2O3/c1-12-16(24-11-25-18(12)19(26)27)10-9-15-3-2-4-17(28-15)13-5-7-14(8-6-13)20(21,22)23/h5-8,11,15,17H,2-4,9-10H2,1H3,(H,26,27)/t15-,17+/m1/s1. The number of carbonyl (C=O) groups is 1. The Bertz CT molecular complexity index is 838. The number of carboxylic acid groups (broad SMARTS) is 1. The molecule has 0 unspecified atom stereocenters. The van der Waals surface area contributed by atoms with Gasteiger partial charge >= 0.3 is 12.1 Å². The smallest absolute Gasteiger partial charge is 0.416 e. The Kier molecular flexibility index (Phi) is 5.98. The van der Waals surface area contributed by atoms with E-state index in [4.69, 9.17) is 9.84 Å². The zero-order valence-electron chi connectivity index (χ0n) is 15.4. The van der Waals surface area contributed by atoms with Crippen LogP contribution in [0.5, 0.6) is 0 Å². The van der Waals surface area contributed by atoms with E-state index in [1.807, 2.05) is 0 Å². The summed E-state index contributed by atoms with van der Waals surface area (Å²) in [5.74, 6) is -1.09. The summed E-state index contributed by atoms with van der Waals surface area (Å²) in [6.07, 6.45) is 0.361. The highest BCUT2D eigenvalue weighted by Crippen LogP contribution is 2.35. The maximum Gasteiger partial charge on any atom is 0.416 e. The van der Waals surface area contributed by atoms with Crippen molar-refractivity contribution in [2.24, 2.45) is 0 Å². The van der Waals surface area contributed by atoms with Crippen LogP contribution in [0, 0.1) is 6.92 Å². The first kappa shape index (κ1) is 20.3. The fourth-order valence-corrected chi connectivity index (χ4v) is 3.50. The summed E-state index contributed by atoms with van der Waals surface area (Å²) in [7, 11) is 0. The molecule has 0 bridgehead atoms. The van der Waals surface area contributed by atoms with Crippen LogP contribution in [0.1, 0.15) is 64.7 Å². The molecule has 1 fully saturated rings. The first-order chi connectivity index (χ1) is 13.3. The summed E-state index contributed by atoms with van der Waals surface area (Å²) >= 11 is 0. The molecule has 1 N–H and O–H groups in total. The lowest BCUT2D eigenvalue weighted by Crippen LogP contribution is -2.23. The van der Waals surface area contributed by atoms with Crippen molar-refractivity contribution in [3.63, 3.8) is 0 Å². The van der Waals surface area contributed by atoms with Crippen LogP contribution in [0.2, 0.25) is 0 Å². The number of rotatable bonds is 5. The molecule has 0 amide bonds. The third-order valence-electron chi connectivity index (χ3n) is 5.05. The second-order valence-corrected chi connectivity index (χ2v) is 6.94. The fraction of sp³-hybridized carbons (Fsp3) is 0.450. The Morgan fingerprint density at radius 2 is 1.93 bits per heavy atom. The fourth-order valence-electron chi connectivity index (χ4n) is 3.50. The lowest BCUT2D eigenvalue weighted by Gasteiger charge is -2.30. The molecule has 2 aromatic rings. The zero-order chi connectivity index (χ0) is 20.3. The number of carboxylic acids is 1. The number of ether oxygens (including phenoxy) is 1. The van der Waals surface area contributed by atoms with Gasteiger partial charge in [-0.1, -0.05) is 12.1 Å². The van der Waals surface area contributed by atoms with E-state index in [1.165, 1.54) is 18.5 Å². The van der Waals surface area contributed by atoms with E-state index in [9.17, 15) is 18.0 Å². The minimum absolute atomic E-state index is 0.00260. The molecule has 28 heavy (non-hydrogen) atoms. The van der Waals surface area contributed by atoms with E-state index in [0.717, 1.165) is 37.0 Å². The van der Waals surface area contributed by atoms with Gasteiger partial charge in [0.05, 0.1) is 17.8 Å². The van der Waals surface area contributed by atoms with E-state index < -0.39 is 17.7 Å². The molecule has 1 saturated heterocycles. The molecule has 0 radical (unpaired) electrons. The average Bonchev–Trinajstić information content (AvgIpc) is 2.66. The number of nitrogens with zero attached hydrogens (tertiary/aromatic N) is 2. The number of aryl methyl sites for hydroxylation is 1. The van der Waals surface area contributed by atoms with Gasteiger partial charge in [0.25, 0.3) is 0 Å². The second kappa shape index (κ2) is 8.26. The molecule has 1 aromatic carbocycles. The van der Waals surface area contributed by atoms with E-state index in [0.29, 0.717) is 24.1 Å². The normalized spacial score (nSPS) is 20.1. The van der Waals surface area contributed by atoms with Gasteiger partial charge in [-0.3, -0.25) is 0 Å². The number of hydrogen-bond acceptors (Lipinski definition) is 4. The molecule has 5 nitrogen and oxygen atoms in total. The molecule has 3 rings (SSSR count). The predicted molar refractivity (Wildman–Crippen MR) is 95.0 cm³/mol. The van der Waals surface area contributed by atoms with E-state index in [2.05, 4.69) is 9.97 Å². The maximum absolute atomic E-state index is 12.7. The van der Waals surface area contributed by atoms with Gasteiger partial charge in [0.15, 0.2) is 5.69 Å². The molecule has 0 saturated carbocycles. The molecule has 1 aliphatic rings. The van der Waals surface area contributed by atoms with E-state index in [-0.39, 0.29) is 17.9 Å². The van der Waals surface area contributed by atoms with Crippen molar-refractivity contribution in [3.8, 4) is 0 Å². The Labute approximate surface area is 160 Å². The number of halogens is 3. The van der Waals surface area contributed by atoms with E-state index in [1.54, 1.807) is 6.92 Å². The van der Waals surface area contributed by atoms with Crippen LogP contribution < -0.4 is 0 Å². The van der Waals surface area contributed by atoms with Crippen molar-refractivity contribution in [2.45, 2.75) is 57.4 Å². The molecule has 8 heteroatoms. The van der Waals surface area contributed by atoms with Crippen LogP contribution in [0.15, 0.2) is 30.6 Å². The number of aromatic carboxylic acids is 1. The number of hydrogen-bond donors (Lipinski definition) is 1. The first-order valence-corrected chi connectivity index (χ1v) is 9.12. The molecular formula is C20H21F3N2O3. The minimum atomic E-state index is -4.35. The Hall–Kier alpha value is -2.48. The molecule has 1 aliphatic heterocycles. The van der Waals surface area contributed by atoms with Gasteiger partial charge in [0.1, 0.15) is 6.33 Å². The van der Waals surface area contributed by atoms with Crippen molar-refractivity contribution in [2.75, 3.05) is 0 Å². The summed E-state index contributed by atoms with van der Waals surface area (Å²) in [5, 5.41) is 9.15. The highest BCUT2D eigenvalue weighted by Gasteiger charge is 2.31. The maximum atomic E-state index is 12.7. The summed E-state index contributed by atoms with van der Waals surface area (Å²) in [6.45, 7) is 1.69. The SMILES string of the molecule is Cc1c(CC[C@H]2CCC[C@@H](c3ccc(C(F)(F)F)cc3)O2)ncnc1C(=O)O. The van der Waals surface area contributed by atoms with Crippen molar-refractivity contribution in [1.82, 2.24) is 9.97 Å². The summed E-state index contributed by atoms with van der Waals surface area (Å²) < 4.78 is 44.3. The first-order valence-electron chi connectivity index (χ1n) is 9.12. The van der Waals surface area contributed by atoms with Crippen LogP contribution in [0.25, 0.3) is 0 Å². The molecular weight excluding hydrogens is 373 g/mol. The summed E-state index contributed by atoms with van der Waals surface area (Å²) in [5.41, 5.74) is 1.29. The van der Waals surface area contributed by atoms with Crippen LogP contribution in [0.3, 0.4) is 0 Å². The quantitative estimate of drug-likeness (QED) is 0.793. The van der Waals surface area contributed by atoms with Gasteiger partial charge in [-0.05, 0) is 56.7 Å². The number of alkyl halides is 3. The molecule has 0 spiro atoms. The van der Waals surface area contributed by atoms with Crippen molar-refractivity contribution in [3.05, 3.63) is 58.7 Å². The second-order valence-electron chi connectivity index (χ2n) is 6.94. The average molecular weight is 394 g/mol. The van der Waals surface area contributed by atoms with Gasteiger partial charge in [-0.2, -0.15) is 13.2 Å². The van der Waals surface area contributed by atoms with Crippen molar-refractivity contribution < 1.29 is 27.8 Å². The number of aromatic nitrogens is 2. The number of benzene rings is 1. The molecule has 150 valence electrons. The van der Waals surface area contributed by atoms with Crippen LogP contribution in [-0.4, -0.2) is 27.1 Å². The van der Waals surface area contributed by atoms with Gasteiger partial charge in [0, 0.05) is 11.3 Å². The third-order valence-corrected chi connectivity index (χ3v) is 5.05. The Balaban J connectivity index is 1.63.